The highest BCUT2D eigenvalue weighted by atomic mass is 19.1. The molecule has 0 bridgehead atoms. The average molecular weight is 243 g/mol. The maximum absolute atomic E-state index is 12.7. The van der Waals surface area contributed by atoms with Crippen LogP contribution in [0.2, 0.25) is 0 Å². The topological polar surface area (TPSA) is 21.6 Å². The number of hydrogen-bond acceptors (Lipinski definition) is 2. The molecule has 0 fully saturated rings. The predicted molar refractivity (Wildman–Crippen MR) is 70.0 cm³/mol. The Bertz CT molecular complexity index is 534. The van der Waals surface area contributed by atoms with E-state index in [-0.39, 0.29) is 5.82 Å². The van der Waals surface area contributed by atoms with E-state index >= 15 is 0 Å². The molecule has 0 amide bonds. The molecule has 0 spiro atoms. The molecular formula is C15H14FNO. The summed E-state index contributed by atoms with van der Waals surface area (Å²) in [5.74, 6) is -0.257. The lowest BCUT2D eigenvalue weighted by Crippen LogP contribution is -1.91. The van der Waals surface area contributed by atoms with Gasteiger partial charge >= 0.3 is 0 Å². The predicted octanol–water partition coefficient (Wildman–Crippen LogP) is 3.68. The summed E-state index contributed by atoms with van der Waals surface area (Å²) in [7, 11) is 0. The van der Waals surface area contributed by atoms with Crippen LogP contribution in [-0.4, -0.2) is 6.21 Å². The number of rotatable bonds is 4. The minimum Gasteiger partial charge on any atom is -0.391 e. The fourth-order valence-corrected chi connectivity index (χ4v) is 1.53. The summed E-state index contributed by atoms with van der Waals surface area (Å²) >= 11 is 0. The van der Waals surface area contributed by atoms with Gasteiger partial charge in [0.05, 0.1) is 6.21 Å². The van der Waals surface area contributed by atoms with Crippen LogP contribution in [0.4, 0.5) is 4.39 Å². The monoisotopic (exact) mass is 243 g/mol. The molecule has 0 unspecified atom stereocenters. The van der Waals surface area contributed by atoms with Crippen molar-refractivity contribution in [3.63, 3.8) is 0 Å². The molecule has 18 heavy (non-hydrogen) atoms. The summed E-state index contributed by atoms with van der Waals surface area (Å²) in [6.45, 7) is 2.47. The normalized spacial score (nSPS) is 10.8. The molecule has 2 aromatic carbocycles. The molecule has 2 rings (SSSR count). The van der Waals surface area contributed by atoms with Crippen LogP contribution < -0.4 is 0 Å². The number of aryl methyl sites for hydroxylation is 1. The third-order valence-electron chi connectivity index (χ3n) is 2.63. The standard InChI is InChI=1S/C15H14FNO/c1-12-4-2-3-5-14(12)11-18-17-10-13-6-8-15(16)9-7-13/h2-10H,11H2,1H3. The van der Waals surface area contributed by atoms with Crippen molar-refractivity contribution in [2.45, 2.75) is 13.5 Å². The van der Waals surface area contributed by atoms with E-state index < -0.39 is 0 Å². The zero-order valence-electron chi connectivity index (χ0n) is 10.1. The molecule has 0 aliphatic heterocycles. The molecular weight excluding hydrogens is 229 g/mol. The second-order valence-corrected chi connectivity index (χ2v) is 3.99. The summed E-state index contributed by atoms with van der Waals surface area (Å²) in [5, 5.41) is 3.86. The molecule has 3 heteroatoms. The first kappa shape index (κ1) is 12.3. The third-order valence-corrected chi connectivity index (χ3v) is 2.63. The van der Waals surface area contributed by atoms with Crippen LogP contribution in [0.5, 0.6) is 0 Å². The smallest absolute Gasteiger partial charge is 0.142 e. The van der Waals surface area contributed by atoms with Gasteiger partial charge in [-0.2, -0.15) is 0 Å². The van der Waals surface area contributed by atoms with E-state index in [1.165, 1.54) is 17.7 Å². The fraction of sp³-hybridized carbons (Fsp3) is 0.133. The van der Waals surface area contributed by atoms with E-state index in [0.717, 1.165) is 11.1 Å². The minimum absolute atomic E-state index is 0.257. The Morgan fingerprint density at radius 1 is 1.11 bits per heavy atom. The van der Waals surface area contributed by atoms with E-state index in [1.54, 1.807) is 18.3 Å². The maximum atomic E-state index is 12.7. The zero-order chi connectivity index (χ0) is 12.8. The van der Waals surface area contributed by atoms with Crippen molar-refractivity contribution in [2.75, 3.05) is 0 Å². The van der Waals surface area contributed by atoms with Crippen molar-refractivity contribution in [1.29, 1.82) is 0 Å². The molecule has 2 aromatic rings. The SMILES string of the molecule is Cc1ccccc1CON=Cc1ccc(F)cc1. The van der Waals surface area contributed by atoms with Gasteiger partial charge in [0.1, 0.15) is 12.4 Å². The number of benzene rings is 2. The van der Waals surface area contributed by atoms with Gasteiger partial charge in [-0.1, -0.05) is 41.6 Å². The maximum Gasteiger partial charge on any atom is 0.142 e. The van der Waals surface area contributed by atoms with Crippen LogP contribution in [0, 0.1) is 12.7 Å². The van der Waals surface area contributed by atoms with Crippen LogP contribution >= 0.6 is 0 Å². The van der Waals surface area contributed by atoms with Gasteiger partial charge in [-0.15, -0.1) is 0 Å². The van der Waals surface area contributed by atoms with Crippen molar-refractivity contribution in [1.82, 2.24) is 0 Å². The first-order valence-electron chi connectivity index (χ1n) is 5.71. The van der Waals surface area contributed by atoms with Gasteiger partial charge < -0.3 is 4.84 Å². The number of halogens is 1. The molecule has 92 valence electrons. The number of nitrogens with zero attached hydrogens (tertiary/aromatic N) is 1. The highest BCUT2D eigenvalue weighted by molar-refractivity contribution is 5.78. The van der Waals surface area contributed by atoms with Gasteiger partial charge in [-0.3, -0.25) is 0 Å². The summed E-state index contributed by atoms with van der Waals surface area (Å²) < 4.78 is 12.7. The van der Waals surface area contributed by atoms with Gasteiger partial charge in [0.2, 0.25) is 0 Å². The zero-order valence-corrected chi connectivity index (χ0v) is 10.1. The van der Waals surface area contributed by atoms with Crippen LogP contribution in [0.25, 0.3) is 0 Å². The summed E-state index contributed by atoms with van der Waals surface area (Å²) in [5.41, 5.74) is 3.09. The molecule has 0 atom stereocenters. The summed E-state index contributed by atoms with van der Waals surface area (Å²) in [4.78, 5) is 5.21. The van der Waals surface area contributed by atoms with Crippen molar-refractivity contribution in [3.8, 4) is 0 Å². The van der Waals surface area contributed by atoms with E-state index in [2.05, 4.69) is 5.16 Å². The number of hydrogen-bond donors (Lipinski definition) is 0. The Hall–Kier alpha value is -2.16. The van der Waals surface area contributed by atoms with Crippen LogP contribution in [0.1, 0.15) is 16.7 Å². The van der Waals surface area contributed by atoms with Crippen molar-refractivity contribution in [3.05, 3.63) is 71.0 Å². The molecule has 0 radical (unpaired) electrons. The van der Waals surface area contributed by atoms with E-state index in [1.807, 2.05) is 31.2 Å². The van der Waals surface area contributed by atoms with E-state index in [4.69, 9.17) is 4.84 Å². The van der Waals surface area contributed by atoms with Crippen molar-refractivity contribution >= 4 is 6.21 Å². The van der Waals surface area contributed by atoms with Gasteiger partial charge in [0, 0.05) is 0 Å². The third kappa shape index (κ3) is 3.42. The Balaban J connectivity index is 1.89. The second kappa shape index (κ2) is 5.96. The van der Waals surface area contributed by atoms with Crippen LogP contribution in [0.15, 0.2) is 53.7 Å². The highest BCUT2D eigenvalue weighted by Gasteiger charge is 1.96. The molecule has 0 saturated carbocycles. The van der Waals surface area contributed by atoms with E-state index in [0.29, 0.717) is 6.61 Å². The molecule has 2 nitrogen and oxygen atoms in total. The average Bonchev–Trinajstić information content (AvgIpc) is 2.39. The lowest BCUT2D eigenvalue weighted by atomic mass is 10.1. The Morgan fingerprint density at radius 3 is 2.56 bits per heavy atom. The van der Waals surface area contributed by atoms with Gasteiger partial charge in [-0.25, -0.2) is 4.39 Å². The molecule has 0 aliphatic carbocycles. The van der Waals surface area contributed by atoms with E-state index in [9.17, 15) is 4.39 Å². The second-order valence-electron chi connectivity index (χ2n) is 3.99. The molecule has 0 aliphatic rings. The molecule has 0 saturated heterocycles. The Labute approximate surface area is 106 Å². The summed E-state index contributed by atoms with van der Waals surface area (Å²) in [6.07, 6.45) is 1.57. The van der Waals surface area contributed by atoms with Crippen molar-refractivity contribution in [2.24, 2.45) is 5.16 Å². The first-order chi connectivity index (χ1) is 8.75. The first-order valence-corrected chi connectivity index (χ1v) is 5.71. The molecule has 0 heterocycles. The minimum atomic E-state index is -0.257. The van der Waals surface area contributed by atoms with Crippen LogP contribution in [0.3, 0.4) is 0 Å². The van der Waals surface area contributed by atoms with Gasteiger partial charge in [0.25, 0.3) is 0 Å². The van der Waals surface area contributed by atoms with Gasteiger partial charge in [-0.05, 0) is 35.7 Å². The van der Waals surface area contributed by atoms with Crippen molar-refractivity contribution < 1.29 is 9.23 Å². The van der Waals surface area contributed by atoms with Gasteiger partial charge in [0.15, 0.2) is 0 Å². The lowest BCUT2D eigenvalue weighted by molar-refractivity contribution is 0.131. The quantitative estimate of drug-likeness (QED) is 0.593. The highest BCUT2D eigenvalue weighted by Crippen LogP contribution is 2.08. The Kier molecular flexibility index (Phi) is 4.07. The van der Waals surface area contributed by atoms with Crippen LogP contribution in [-0.2, 0) is 11.4 Å². The number of oxime groups is 1. The summed E-state index contributed by atoms with van der Waals surface area (Å²) in [6, 6.07) is 14.1. The Morgan fingerprint density at radius 2 is 1.83 bits per heavy atom. The largest absolute Gasteiger partial charge is 0.391 e. The lowest BCUT2D eigenvalue weighted by Gasteiger charge is -2.03. The fourth-order valence-electron chi connectivity index (χ4n) is 1.53. The molecule has 0 N–H and O–H groups in total. The molecule has 0 aromatic heterocycles.